The molecule has 1 N–H and O–H groups in total. The van der Waals surface area contributed by atoms with E-state index in [0.29, 0.717) is 16.5 Å². The van der Waals surface area contributed by atoms with Crippen LogP contribution in [0.25, 0.3) is 33.2 Å². The molecule has 0 aliphatic heterocycles. The van der Waals surface area contributed by atoms with Gasteiger partial charge < -0.3 is 9.62 Å². The van der Waals surface area contributed by atoms with Crippen LogP contribution in [0.5, 0.6) is 0 Å². The highest BCUT2D eigenvalue weighted by atomic mass is 16.5. The standard InChI is InChI=1S/C23H16N2O4/c26-22-21-20(18-12-6-7-13-19(18)29-21)24(23(27)25(22)28)14-16-10-4-5-11-17(16)15-8-2-1-3-9-15/h1-13,28H,14H2. The monoisotopic (exact) mass is 384 g/mol. The molecule has 0 fully saturated rings. The summed E-state index contributed by atoms with van der Waals surface area (Å²) in [4.78, 5) is 25.2. The van der Waals surface area contributed by atoms with E-state index >= 15 is 0 Å². The van der Waals surface area contributed by atoms with Gasteiger partial charge in [0.2, 0.25) is 5.58 Å². The minimum atomic E-state index is -0.867. The maximum absolute atomic E-state index is 12.8. The predicted octanol–water partition coefficient (Wildman–Crippen LogP) is 3.86. The Hall–Kier alpha value is -4.06. The molecular weight excluding hydrogens is 368 g/mol. The number of nitrogens with zero attached hydrogens (tertiary/aromatic N) is 2. The first-order chi connectivity index (χ1) is 14.1. The first-order valence-electron chi connectivity index (χ1n) is 9.15. The summed E-state index contributed by atoms with van der Waals surface area (Å²) in [5.74, 6) is 0. The zero-order valence-corrected chi connectivity index (χ0v) is 15.3. The molecule has 3 aromatic carbocycles. The number of benzene rings is 3. The number of hydrogen-bond acceptors (Lipinski definition) is 4. The van der Waals surface area contributed by atoms with Crippen LogP contribution in [0.3, 0.4) is 0 Å². The van der Waals surface area contributed by atoms with Gasteiger partial charge in [-0.15, -0.1) is 0 Å². The van der Waals surface area contributed by atoms with Gasteiger partial charge in [-0.1, -0.05) is 71.5 Å². The molecule has 0 radical (unpaired) electrons. The Morgan fingerprint density at radius 2 is 1.52 bits per heavy atom. The number of furan rings is 1. The van der Waals surface area contributed by atoms with E-state index in [-0.39, 0.29) is 16.9 Å². The van der Waals surface area contributed by atoms with Crippen LogP contribution >= 0.6 is 0 Å². The molecule has 0 amide bonds. The molecule has 0 saturated carbocycles. The van der Waals surface area contributed by atoms with Crippen LogP contribution in [0.4, 0.5) is 0 Å². The van der Waals surface area contributed by atoms with Gasteiger partial charge in [0.05, 0.1) is 6.54 Å². The van der Waals surface area contributed by atoms with Crippen molar-refractivity contribution in [3.05, 3.63) is 105 Å². The van der Waals surface area contributed by atoms with Crippen molar-refractivity contribution >= 4 is 22.1 Å². The fourth-order valence-electron chi connectivity index (χ4n) is 3.71. The van der Waals surface area contributed by atoms with Crippen LogP contribution in [-0.2, 0) is 6.54 Å². The lowest BCUT2D eigenvalue weighted by Crippen LogP contribution is -2.38. The van der Waals surface area contributed by atoms with Crippen molar-refractivity contribution < 1.29 is 9.62 Å². The van der Waals surface area contributed by atoms with Crippen molar-refractivity contribution in [2.24, 2.45) is 0 Å². The summed E-state index contributed by atoms with van der Waals surface area (Å²) < 4.78 is 7.15. The molecule has 2 aromatic heterocycles. The lowest BCUT2D eigenvalue weighted by molar-refractivity contribution is 0.156. The summed E-state index contributed by atoms with van der Waals surface area (Å²) in [6.45, 7) is 0.171. The predicted molar refractivity (Wildman–Crippen MR) is 110 cm³/mol. The molecule has 6 heteroatoms. The normalized spacial score (nSPS) is 11.3. The van der Waals surface area contributed by atoms with Gasteiger partial charge in [0.1, 0.15) is 11.1 Å². The second-order valence-electron chi connectivity index (χ2n) is 6.78. The second-order valence-corrected chi connectivity index (χ2v) is 6.78. The van der Waals surface area contributed by atoms with Crippen molar-refractivity contribution in [1.29, 1.82) is 0 Å². The summed E-state index contributed by atoms with van der Waals surface area (Å²) in [5, 5.41) is 10.7. The van der Waals surface area contributed by atoms with Crippen LogP contribution in [0, 0.1) is 0 Å². The zero-order valence-electron chi connectivity index (χ0n) is 15.3. The maximum Gasteiger partial charge on any atom is 0.365 e. The Morgan fingerprint density at radius 3 is 2.34 bits per heavy atom. The van der Waals surface area contributed by atoms with Gasteiger partial charge in [0, 0.05) is 5.39 Å². The van der Waals surface area contributed by atoms with Gasteiger partial charge in [0.15, 0.2) is 0 Å². The van der Waals surface area contributed by atoms with E-state index in [1.807, 2.05) is 60.7 Å². The van der Waals surface area contributed by atoms with Crippen molar-refractivity contribution in [3.63, 3.8) is 0 Å². The first kappa shape index (κ1) is 17.1. The number of hydrogen-bond donors (Lipinski definition) is 1. The first-order valence-corrected chi connectivity index (χ1v) is 9.15. The fourth-order valence-corrected chi connectivity index (χ4v) is 3.71. The Bertz CT molecular complexity index is 1480. The Labute approximate surface area is 164 Å². The molecule has 2 heterocycles. The minimum absolute atomic E-state index is 0.0505. The number of para-hydroxylation sites is 1. The Balaban J connectivity index is 1.80. The van der Waals surface area contributed by atoms with E-state index < -0.39 is 11.2 Å². The molecule has 0 bridgehead atoms. The molecular formula is C23H16N2O4. The summed E-state index contributed by atoms with van der Waals surface area (Å²) in [5.41, 5.74) is 2.00. The molecule has 0 atom stereocenters. The van der Waals surface area contributed by atoms with Crippen LogP contribution in [0.15, 0.2) is 92.9 Å². The Morgan fingerprint density at radius 1 is 0.828 bits per heavy atom. The summed E-state index contributed by atoms with van der Waals surface area (Å²) >= 11 is 0. The van der Waals surface area contributed by atoms with Crippen LogP contribution in [0.2, 0.25) is 0 Å². The van der Waals surface area contributed by atoms with Gasteiger partial charge in [0.25, 0.3) is 0 Å². The highest BCUT2D eigenvalue weighted by Gasteiger charge is 2.20. The SMILES string of the molecule is O=c1c2oc3ccccc3c2n(Cc2ccccc2-c2ccccc2)c(=O)n1O. The zero-order chi connectivity index (χ0) is 20.0. The molecule has 0 saturated heterocycles. The average molecular weight is 384 g/mol. The van der Waals surface area contributed by atoms with Gasteiger partial charge in [-0.05, 0) is 28.8 Å². The van der Waals surface area contributed by atoms with Crippen molar-refractivity contribution in [2.45, 2.75) is 6.54 Å². The smallest absolute Gasteiger partial charge is 0.365 e. The molecule has 5 aromatic rings. The number of rotatable bonds is 3. The van der Waals surface area contributed by atoms with Gasteiger partial charge in [-0.3, -0.25) is 9.36 Å². The van der Waals surface area contributed by atoms with E-state index in [1.54, 1.807) is 18.2 Å². The third-order valence-electron chi connectivity index (χ3n) is 5.07. The molecule has 29 heavy (non-hydrogen) atoms. The quantitative estimate of drug-likeness (QED) is 0.479. The van der Waals surface area contributed by atoms with E-state index in [9.17, 15) is 14.8 Å². The van der Waals surface area contributed by atoms with E-state index in [0.717, 1.165) is 16.7 Å². The third-order valence-corrected chi connectivity index (χ3v) is 5.07. The summed E-state index contributed by atoms with van der Waals surface area (Å²) in [6.07, 6.45) is 0. The average Bonchev–Trinajstić information content (AvgIpc) is 3.16. The summed E-state index contributed by atoms with van der Waals surface area (Å²) in [6, 6.07) is 24.7. The van der Waals surface area contributed by atoms with Crippen molar-refractivity contribution in [1.82, 2.24) is 9.30 Å². The van der Waals surface area contributed by atoms with E-state index in [4.69, 9.17) is 4.42 Å². The third kappa shape index (κ3) is 2.65. The molecule has 0 spiro atoms. The largest absolute Gasteiger partial charge is 0.448 e. The number of fused-ring (bicyclic) bond motifs is 3. The molecule has 0 unspecified atom stereocenters. The minimum Gasteiger partial charge on any atom is -0.448 e. The molecule has 5 rings (SSSR count). The maximum atomic E-state index is 12.8. The van der Waals surface area contributed by atoms with Gasteiger partial charge in [-0.25, -0.2) is 4.79 Å². The fraction of sp³-hybridized carbons (Fsp3) is 0.0435. The van der Waals surface area contributed by atoms with Crippen LogP contribution < -0.4 is 11.2 Å². The molecule has 0 aliphatic carbocycles. The molecule has 6 nitrogen and oxygen atoms in total. The topological polar surface area (TPSA) is 77.4 Å². The molecule has 0 aliphatic rings. The summed E-state index contributed by atoms with van der Waals surface area (Å²) in [7, 11) is 0. The van der Waals surface area contributed by atoms with Gasteiger partial charge in [-0.2, -0.15) is 0 Å². The van der Waals surface area contributed by atoms with Crippen LogP contribution in [-0.4, -0.2) is 14.5 Å². The highest BCUT2D eigenvalue weighted by molar-refractivity contribution is 6.02. The lowest BCUT2D eigenvalue weighted by Gasteiger charge is -2.13. The van der Waals surface area contributed by atoms with E-state index in [1.165, 1.54) is 4.57 Å². The molecule has 142 valence electrons. The van der Waals surface area contributed by atoms with E-state index in [2.05, 4.69) is 0 Å². The second kappa shape index (κ2) is 6.53. The van der Waals surface area contributed by atoms with Crippen molar-refractivity contribution in [3.8, 4) is 11.1 Å². The Kier molecular flexibility index (Phi) is 3.84. The van der Waals surface area contributed by atoms with Crippen molar-refractivity contribution in [2.75, 3.05) is 0 Å². The number of aromatic nitrogens is 2. The van der Waals surface area contributed by atoms with Gasteiger partial charge >= 0.3 is 11.2 Å². The highest BCUT2D eigenvalue weighted by Crippen LogP contribution is 2.28. The van der Waals surface area contributed by atoms with Crippen LogP contribution in [0.1, 0.15) is 5.56 Å². The lowest BCUT2D eigenvalue weighted by atomic mass is 9.99.